The lowest BCUT2D eigenvalue weighted by Gasteiger charge is -2.28. The van der Waals surface area contributed by atoms with Crippen molar-refractivity contribution in [2.75, 3.05) is 20.9 Å². The predicted molar refractivity (Wildman–Crippen MR) is 171 cm³/mol. The van der Waals surface area contributed by atoms with Crippen molar-refractivity contribution in [3.8, 4) is 0 Å². The maximum atomic E-state index is 13.4. The molecular weight excluding hydrogens is 649 g/mol. The second-order valence-corrected chi connectivity index (χ2v) is 11.7. The molecule has 0 aliphatic carbocycles. The van der Waals surface area contributed by atoms with E-state index >= 15 is 0 Å². The first-order chi connectivity index (χ1) is 23.0. The zero-order valence-electron chi connectivity index (χ0n) is 28.6. The molecule has 5 atom stereocenters. The molecule has 0 heterocycles. The molecule has 0 spiro atoms. The molecule has 0 aliphatic heterocycles. The Morgan fingerprint density at radius 1 is 0.633 bits per heavy atom. The Kier molecular flexibility index (Phi) is 18.0. The number of ketones is 1. The van der Waals surface area contributed by atoms with Crippen LogP contribution in [0.4, 0.5) is 9.18 Å². The van der Waals surface area contributed by atoms with Crippen molar-refractivity contribution < 1.29 is 57.0 Å². The number of methoxy groups -OCH3 is 2. The van der Waals surface area contributed by atoms with Crippen LogP contribution in [0, 0.1) is 11.8 Å². The highest BCUT2D eigenvalue weighted by Crippen LogP contribution is 2.09. The largest absolute Gasteiger partial charge is 0.469 e. The minimum absolute atomic E-state index is 0.0603. The lowest BCUT2D eigenvalue weighted by Crippen LogP contribution is -2.60. The van der Waals surface area contributed by atoms with Gasteiger partial charge in [0.1, 0.15) is 43.5 Å². The van der Waals surface area contributed by atoms with E-state index in [1.165, 1.54) is 6.92 Å². The van der Waals surface area contributed by atoms with Crippen LogP contribution in [0.3, 0.4) is 0 Å². The summed E-state index contributed by atoms with van der Waals surface area (Å²) in [6.07, 6.45) is -2.16. The maximum Gasteiger partial charge on any atom is 0.408 e. The number of alkyl carbamates (subject to hydrolysis) is 1. The highest BCUT2D eigenvalue weighted by atomic mass is 19.1. The maximum absolute atomic E-state index is 13.4. The number of Topliss-reactive ketones (excluding diaryl/α,β-unsaturated/α-hetero) is 1. The molecule has 272 valence electrons. The summed E-state index contributed by atoms with van der Waals surface area (Å²) >= 11 is 0. The normalized spacial score (nSPS) is 13.8. The van der Waals surface area contributed by atoms with E-state index in [0.29, 0.717) is 5.56 Å². The smallest absolute Gasteiger partial charge is 0.408 e. The number of hydrogen-bond acceptors (Lipinski definition) is 11. The highest BCUT2D eigenvalue weighted by Gasteiger charge is 2.34. The van der Waals surface area contributed by atoms with Gasteiger partial charge in [0.05, 0.1) is 27.1 Å². The van der Waals surface area contributed by atoms with Crippen molar-refractivity contribution in [1.82, 2.24) is 26.6 Å². The summed E-state index contributed by atoms with van der Waals surface area (Å²) in [7, 11) is 2.13. The number of carbonyl (C=O) groups is 8. The van der Waals surface area contributed by atoms with Gasteiger partial charge in [-0.1, -0.05) is 58.0 Å². The van der Waals surface area contributed by atoms with Gasteiger partial charge in [-0.05, 0) is 24.3 Å². The highest BCUT2D eigenvalue weighted by molar-refractivity contribution is 5.98. The Labute approximate surface area is 283 Å². The molecule has 16 nitrogen and oxygen atoms in total. The van der Waals surface area contributed by atoms with Gasteiger partial charge in [0.15, 0.2) is 5.78 Å². The number of halogens is 1. The minimum Gasteiger partial charge on any atom is -0.469 e. The van der Waals surface area contributed by atoms with Crippen LogP contribution in [0.25, 0.3) is 0 Å². The number of amides is 5. The van der Waals surface area contributed by atoms with Crippen molar-refractivity contribution in [1.29, 1.82) is 0 Å². The molecule has 0 radical (unpaired) electrons. The molecule has 0 saturated heterocycles. The third-order valence-electron chi connectivity index (χ3n) is 7.10. The Balaban J connectivity index is 3.03. The Hall–Kier alpha value is -5.09. The van der Waals surface area contributed by atoms with Crippen LogP contribution >= 0.6 is 0 Å². The zero-order chi connectivity index (χ0) is 37.3. The van der Waals surface area contributed by atoms with E-state index in [0.717, 1.165) is 14.2 Å². The van der Waals surface area contributed by atoms with Gasteiger partial charge in [-0.3, -0.25) is 33.6 Å². The quantitative estimate of drug-likeness (QED) is 0.0972. The molecule has 1 aromatic rings. The lowest BCUT2D eigenvalue weighted by atomic mass is 10.0. The van der Waals surface area contributed by atoms with Gasteiger partial charge in [0.2, 0.25) is 23.6 Å². The van der Waals surface area contributed by atoms with Crippen LogP contribution in [-0.2, 0) is 54.4 Å². The predicted octanol–water partition coefficient (Wildman–Crippen LogP) is 0.217. The first kappa shape index (κ1) is 41.9. The summed E-state index contributed by atoms with van der Waals surface area (Å²) in [6.45, 7) is 6.17. The number of benzene rings is 1. The van der Waals surface area contributed by atoms with Gasteiger partial charge in [0, 0.05) is 0 Å². The van der Waals surface area contributed by atoms with E-state index in [1.807, 2.05) is 0 Å². The van der Waals surface area contributed by atoms with Crippen LogP contribution in [0.2, 0.25) is 0 Å². The molecule has 0 aromatic heterocycles. The molecule has 0 bridgehead atoms. The average molecular weight is 696 g/mol. The van der Waals surface area contributed by atoms with Gasteiger partial charge < -0.3 is 40.8 Å². The fourth-order valence-corrected chi connectivity index (χ4v) is 4.19. The molecule has 17 heteroatoms. The van der Waals surface area contributed by atoms with E-state index in [9.17, 15) is 42.7 Å². The number of hydrogen-bond donors (Lipinski definition) is 5. The van der Waals surface area contributed by atoms with Gasteiger partial charge in [-0.25, -0.2) is 9.18 Å². The molecular formula is C32H46FN5O11. The molecule has 1 aromatic carbocycles. The van der Waals surface area contributed by atoms with Crippen molar-refractivity contribution in [2.24, 2.45) is 11.8 Å². The SMILES string of the molecule is COC(=O)CC(NC(=O)[C@H](C)NC(=O)[C@@H](NC(=O)[C@H](CC(=O)OC)NC(=O)[C@@H](NC(=O)OCc1ccccc1)C(C)C)C(C)C)C(=O)CF. The zero-order valence-corrected chi connectivity index (χ0v) is 28.6. The lowest BCUT2D eigenvalue weighted by molar-refractivity contribution is -0.144. The fraction of sp³-hybridized carbons (Fsp3) is 0.562. The number of nitrogens with one attached hydrogen (secondary N) is 5. The average Bonchev–Trinajstić information content (AvgIpc) is 3.06. The topological polar surface area (TPSA) is 224 Å². The van der Waals surface area contributed by atoms with Crippen LogP contribution in [0.5, 0.6) is 0 Å². The van der Waals surface area contributed by atoms with Gasteiger partial charge in [-0.2, -0.15) is 0 Å². The number of esters is 2. The van der Waals surface area contributed by atoms with E-state index in [4.69, 9.17) is 4.74 Å². The fourth-order valence-electron chi connectivity index (χ4n) is 4.19. The van der Waals surface area contributed by atoms with E-state index in [-0.39, 0.29) is 6.61 Å². The second-order valence-electron chi connectivity index (χ2n) is 11.7. The molecule has 1 rings (SSSR count). The minimum atomic E-state index is -1.55. The van der Waals surface area contributed by atoms with Crippen LogP contribution in [0.1, 0.15) is 53.0 Å². The van der Waals surface area contributed by atoms with Crippen LogP contribution in [0.15, 0.2) is 30.3 Å². The summed E-state index contributed by atoms with van der Waals surface area (Å²) in [5.74, 6) is -7.44. The standard InChI is InChI=1S/C32H46FN5O11/c1-17(2)26(30(44)34-19(5)28(42)35-21(23(39)15-33)13-24(40)47-6)37-29(43)22(14-25(41)48-7)36-31(45)27(18(3)4)38-32(46)49-16-20-11-9-8-10-12-20/h8-12,17-19,21-22,26-27H,13-16H2,1-7H3,(H,34,44)(H,35,42)(H,36,45)(H,37,43)(H,38,46)/t19-,21?,22-,26-,27-/m0/s1. The molecule has 0 aliphatic rings. The summed E-state index contributed by atoms with van der Waals surface area (Å²) < 4.78 is 27.3. The molecule has 5 amide bonds. The van der Waals surface area contributed by atoms with Crippen molar-refractivity contribution in [3.63, 3.8) is 0 Å². The number of carbonyl (C=O) groups excluding carboxylic acids is 8. The number of alkyl halides is 1. The first-order valence-electron chi connectivity index (χ1n) is 15.4. The summed E-state index contributed by atoms with van der Waals surface area (Å²) in [5.41, 5.74) is 0.714. The Morgan fingerprint density at radius 3 is 1.63 bits per heavy atom. The van der Waals surface area contributed by atoms with Gasteiger partial charge in [0.25, 0.3) is 0 Å². The first-order valence-corrected chi connectivity index (χ1v) is 15.4. The Bertz CT molecular complexity index is 1330. The van der Waals surface area contributed by atoms with Crippen molar-refractivity contribution >= 4 is 47.4 Å². The summed E-state index contributed by atoms with van der Waals surface area (Å²) in [4.78, 5) is 101. The molecule has 5 N–H and O–H groups in total. The summed E-state index contributed by atoms with van der Waals surface area (Å²) in [5, 5.41) is 11.9. The molecule has 1 unspecified atom stereocenters. The van der Waals surface area contributed by atoms with Crippen LogP contribution in [-0.4, -0.2) is 98.5 Å². The second kappa shape index (κ2) is 21.0. The van der Waals surface area contributed by atoms with Gasteiger partial charge in [-0.15, -0.1) is 0 Å². The van der Waals surface area contributed by atoms with E-state index in [1.54, 1.807) is 58.0 Å². The van der Waals surface area contributed by atoms with Crippen molar-refractivity contribution in [3.05, 3.63) is 35.9 Å². The molecule has 49 heavy (non-hydrogen) atoms. The molecule has 0 saturated carbocycles. The van der Waals surface area contributed by atoms with Gasteiger partial charge >= 0.3 is 18.0 Å². The third-order valence-corrected chi connectivity index (χ3v) is 7.10. The Morgan fingerprint density at radius 2 is 1.12 bits per heavy atom. The number of rotatable bonds is 19. The summed E-state index contributed by atoms with van der Waals surface area (Å²) in [6, 6.07) is 1.93. The third kappa shape index (κ3) is 14.7. The molecule has 0 fully saturated rings. The monoisotopic (exact) mass is 695 g/mol. The van der Waals surface area contributed by atoms with E-state index < -0.39 is 109 Å². The van der Waals surface area contributed by atoms with E-state index in [2.05, 4.69) is 36.1 Å². The van der Waals surface area contributed by atoms with Crippen molar-refractivity contribution in [2.45, 2.75) is 84.3 Å². The van der Waals surface area contributed by atoms with Crippen LogP contribution < -0.4 is 26.6 Å². The number of ether oxygens (including phenoxy) is 3.